The Morgan fingerprint density at radius 3 is 2.74 bits per heavy atom. The van der Waals surface area contributed by atoms with E-state index in [1.54, 1.807) is 0 Å². The zero-order valence-electron chi connectivity index (χ0n) is 12.2. The number of hydrogen-bond acceptors (Lipinski definition) is 3. The summed E-state index contributed by atoms with van der Waals surface area (Å²) in [5.74, 6) is 2.38. The van der Waals surface area contributed by atoms with Gasteiger partial charge in [-0.05, 0) is 25.2 Å². The fraction of sp³-hybridized carbons (Fsp3) is 0.714. The minimum Gasteiger partial charge on any atom is -0.389 e. The highest BCUT2D eigenvalue weighted by atomic mass is 32.1. The van der Waals surface area contributed by atoms with Gasteiger partial charge in [-0.15, -0.1) is 0 Å². The molecule has 3 unspecified atom stereocenters. The van der Waals surface area contributed by atoms with Gasteiger partial charge in [0, 0.05) is 13.1 Å². The summed E-state index contributed by atoms with van der Waals surface area (Å²) in [5, 5.41) is 8.06. The van der Waals surface area contributed by atoms with E-state index in [2.05, 4.69) is 24.3 Å². The van der Waals surface area contributed by atoms with Crippen molar-refractivity contribution in [1.82, 2.24) is 9.78 Å². The van der Waals surface area contributed by atoms with Crippen molar-refractivity contribution < 1.29 is 0 Å². The van der Waals surface area contributed by atoms with Crippen LogP contribution in [0.5, 0.6) is 0 Å². The van der Waals surface area contributed by atoms with E-state index in [4.69, 9.17) is 18.0 Å². The maximum Gasteiger partial charge on any atom is 0.134 e. The van der Waals surface area contributed by atoms with Gasteiger partial charge < -0.3 is 11.1 Å². The molecule has 19 heavy (non-hydrogen) atoms. The predicted molar refractivity (Wildman–Crippen MR) is 83.4 cm³/mol. The van der Waals surface area contributed by atoms with Crippen LogP contribution in [-0.2, 0) is 7.05 Å². The third kappa shape index (κ3) is 2.76. The van der Waals surface area contributed by atoms with E-state index in [1.165, 1.54) is 19.3 Å². The monoisotopic (exact) mass is 280 g/mol. The molecule has 1 aliphatic carbocycles. The molecular formula is C14H24N4S. The Kier molecular flexibility index (Phi) is 4.13. The van der Waals surface area contributed by atoms with Crippen molar-refractivity contribution in [2.24, 2.45) is 24.6 Å². The van der Waals surface area contributed by atoms with E-state index in [9.17, 15) is 0 Å². The molecule has 0 spiro atoms. The topological polar surface area (TPSA) is 55.9 Å². The molecule has 1 aromatic heterocycles. The second kappa shape index (κ2) is 5.49. The van der Waals surface area contributed by atoms with Gasteiger partial charge in [0.1, 0.15) is 10.8 Å². The van der Waals surface area contributed by atoms with E-state index in [1.807, 2.05) is 18.7 Å². The lowest BCUT2D eigenvalue weighted by atomic mass is 9.78. The van der Waals surface area contributed by atoms with Gasteiger partial charge in [0.25, 0.3) is 0 Å². The van der Waals surface area contributed by atoms with Crippen LogP contribution >= 0.6 is 12.2 Å². The van der Waals surface area contributed by atoms with Crippen LogP contribution in [-0.4, -0.2) is 20.8 Å². The highest BCUT2D eigenvalue weighted by molar-refractivity contribution is 7.80. The number of nitrogens with zero attached hydrogens (tertiary/aromatic N) is 2. The Morgan fingerprint density at radius 2 is 2.11 bits per heavy atom. The Morgan fingerprint density at radius 1 is 1.42 bits per heavy atom. The van der Waals surface area contributed by atoms with Crippen LogP contribution in [0.25, 0.3) is 0 Å². The Hall–Kier alpha value is -1.10. The van der Waals surface area contributed by atoms with Gasteiger partial charge in [0.2, 0.25) is 0 Å². The van der Waals surface area contributed by atoms with Crippen molar-refractivity contribution >= 4 is 23.0 Å². The molecule has 1 fully saturated rings. The zero-order chi connectivity index (χ0) is 14.2. The van der Waals surface area contributed by atoms with E-state index >= 15 is 0 Å². The van der Waals surface area contributed by atoms with E-state index in [0.717, 1.165) is 23.0 Å². The van der Waals surface area contributed by atoms with Crippen LogP contribution in [0.1, 0.15) is 44.4 Å². The Balaban J connectivity index is 2.25. The molecule has 0 radical (unpaired) electrons. The minimum absolute atomic E-state index is 0.421. The molecule has 3 atom stereocenters. The highest BCUT2D eigenvalue weighted by Crippen LogP contribution is 2.32. The third-order valence-electron chi connectivity index (χ3n) is 4.50. The largest absolute Gasteiger partial charge is 0.389 e. The number of hydrogen-bond donors (Lipinski definition) is 2. The van der Waals surface area contributed by atoms with Crippen LogP contribution in [0.4, 0.5) is 5.82 Å². The van der Waals surface area contributed by atoms with Gasteiger partial charge in [-0.1, -0.05) is 38.9 Å². The molecule has 0 bridgehead atoms. The van der Waals surface area contributed by atoms with Gasteiger partial charge in [0.15, 0.2) is 0 Å². The van der Waals surface area contributed by atoms with Crippen LogP contribution in [0, 0.1) is 18.8 Å². The normalized spacial score (nSPS) is 27.3. The van der Waals surface area contributed by atoms with Crippen molar-refractivity contribution in [3.8, 4) is 0 Å². The molecule has 1 saturated carbocycles. The lowest BCUT2D eigenvalue weighted by Gasteiger charge is -2.35. The molecule has 0 aliphatic heterocycles. The first-order valence-corrected chi connectivity index (χ1v) is 7.42. The molecule has 1 heterocycles. The minimum atomic E-state index is 0.421. The summed E-state index contributed by atoms with van der Waals surface area (Å²) < 4.78 is 1.86. The van der Waals surface area contributed by atoms with Crippen molar-refractivity contribution in [2.75, 3.05) is 5.32 Å². The van der Waals surface area contributed by atoms with Crippen molar-refractivity contribution in [3.05, 3.63) is 11.3 Å². The number of aromatic nitrogens is 2. The van der Waals surface area contributed by atoms with Gasteiger partial charge >= 0.3 is 0 Å². The number of rotatable bonds is 3. The third-order valence-corrected chi connectivity index (χ3v) is 4.70. The molecule has 106 valence electrons. The number of nitrogens with two attached hydrogens (primary N) is 1. The lowest BCUT2D eigenvalue weighted by molar-refractivity contribution is 0.252. The number of nitrogens with one attached hydrogen (secondary N) is 1. The molecule has 0 aromatic carbocycles. The average molecular weight is 280 g/mol. The lowest BCUT2D eigenvalue weighted by Crippen LogP contribution is -2.36. The van der Waals surface area contributed by atoms with E-state index in [-0.39, 0.29) is 0 Å². The number of aryl methyl sites for hydroxylation is 2. The molecule has 2 rings (SSSR count). The summed E-state index contributed by atoms with van der Waals surface area (Å²) >= 11 is 5.16. The second-order valence-electron chi connectivity index (χ2n) is 5.82. The van der Waals surface area contributed by atoms with Gasteiger partial charge in [-0.2, -0.15) is 5.10 Å². The molecule has 3 N–H and O–H groups in total. The first-order chi connectivity index (χ1) is 8.91. The smallest absolute Gasteiger partial charge is 0.134 e. The van der Waals surface area contributed by atoms with Crippen molar-refractivity contribution in [2.45, 2.75) is 46.1 Å². The average Bonchev–Trinajstić information content (AvgIpc) is 2.60. The van der Waals surface area contributed by atoms with Crippen LogP contribution in [0.2, 0.25) is 0 Å². The summed E-state index contributed by atoms with van der Waals surface area (Å²) in [6.45, 7) is 6.61. The zero-order valence-corrected chi connectivity index (χ0v) is 13.0. The standard InChI is InChI=1S/C14H24N4S/c1-8-6-5-7-11(9(8)2)16-14-12(13(15)19)10(3)17-18(14)4/h8-9,11,16H,5-7H2,1-4H3,(H2,15,19). The molecule has 1 aliphatic rings. The number of thiocarbonyl (C=S) groups is 1. The van der Waals surface area contributed by atoms with Gasteiger partial charge in [0.05, 0.1) is 11.3 Å². The Bertz CT molecular complexity index is 480. The molecule has 1 aromatic rings. The molecule has 5 heteroatoms. The molecular weight excluding hydrogens is 256 g/mol. The maximum atomic E-state index is 5.83. The highest BCUT2D eigenvalue weighted by Gasteiger charge is 2.28. The van der Waals surface area contributed by atoms with Crippen molar-refractivity contribution in [3.63, 3.8) is 0 Å². The first-order valence-electron chi connectivity index (χ1n) is 7.01. The molecule has 0 saturated heterocycles. The summed E-state index contributed by atoms with van der Waals surface area (Å²) in [5.41, 5.74) is 7.62. The summed E-state index contributed by atoms with van der Waals surface area (Å²) in [7, 11) is 1.94. The summed E-state index contributed by atoms with van der Waals surface area (Å²) in [6, 6.07) is 0.478. The molecule has 0 amide bonds. The Labute approximate surface area is 120 Å². The predicted octanol–water partition coefficient (Wildman–Crippen LogP) is 2.60. The van der Waals surface area contributed by atoms with Crippen LogP contribution < -0.4 is 11.1 Å². The fourth-order valence-electron chi connectivity index (χ4n) is 3.08. The van der Waals surface area contributed by atoms with Crippen molar-refractivity contribution in [1.29, 1.82) is 0 Å². The number of anilines is 1. The second-order valence-corrected chi connectivity index (χ2v) is 6.25. The van der Waals surface area contributed by atoms with Gasteiger partial charge in [-0.25, -0.2) is 0 Å². The van der Waals surface area contributed by atoms with Gasteiger partial charge in [-0.3, -0.25) is 4.68 Å². The van der Waals surface area contributed by atoms with E-state index in [0.29, 0.717) is 16.9 Å². The van der Waals surface area contributed by atoms with Crippen LogP contribution in [0.3, 0.4) is 0 Å². The van der Waals surface area contributed by atoms with Crippen LogP contribution in [0.15, 0.2) is 0 Å². The first kappa shape index (κ1) is 14.3. The quantitative estimate of drug-likeness (QED) is 0.836. The maximum absolute atomic E-state index is 5.83. The fourth-order valence-corrected chi connectivity index (χ4v) is 3.32. The SMILES string of the molecule is Cc1nn(C)c(NC2CCCC(C)C2C)c1C(N)=S. The van der Waals surface area contributed by atoms with E-state index < -0.39 is 0 Å². The molecule has 4 nitrogen and oxygen atoms in total. The summed E-state index contributed by atoms with van der Waals surface area (Å²) in [4.78, 5) is 0.421. The summed E-state index contributed by atoms with van der Waals surface area (Å²) in [6.07, 6.45) is 3.81.